The third-order valence-electron chi connectivity index (χ3n) is 4.34. The summed E-state index contributed by atoms with van der Waals surface area (Å²) in [5.74, 6) is -2.84. The Morgan fingerprint density at radius 1 is 1.26 bits per heavy atom. The van der Waals surface area contributed by atoms with E-state index in [2.05, 4.69) is 4.90 Å². The summed E-state index contributed by atoms with van der Waals surface area (Å²) in [4.78, 5) is 15.6. The molecule has 7 heteroatoms. The van der Waals surface area contributed by atoms with Crippen LogP contribution in [0.2, 0.25) is 0 Å². The Balaban J connectivity index is 1.96. The zero-order valence-electron chi connectivity index (χ0n) is 14.5. The van der Waals surface area contributed by atoms with Crippen molar-refractivity contribution in [3.63, 3.8) is 0 Å². The van der Waals surface area contributed by atoms with Gasteiger partial charge in [0.05, 0.1) is 18.7 Å². The van der Waals surface area contributed by atoms with Crippen LogP contribution >= 0.6 is 0 Å². The fourth-order valence-corrected chi connectivity index (χ4v) is 3.22. The number of likely N-dealkylation sites (tertiary alicyclic amines) is 2. The standard InChI is InChI=1S/C16H28F2N2O3/c1-15(2,3)23-14(21)20-11-16(17,18)9-12(20)10-19-7-5-13(22-4)6-8-19/h12-13H,5-11H2,1-4H3/t12-/m1/s1. The van der Waals surface area contributed by atoms with Gasteiger partial charge in [-0.15, -0.1) is 0 Å². The van der Waals surface area contributed by atoms with Gasteiger partial charge in [-0.25, -0.2) is 13.6 Å². The Morgan fingerprint density at radius 2 is 1.87 bits per heavy atom. The third-order valence-corrected chi connectivity index (χ3v) is 4.34. The van der Waals surface area contributed by atoms with E-state index in [4.69, 9.17) is 9.47 Å². The van der Waals surface area contributed by atoms with Gasteiger partial charge in [0.25, 0.3) is 5.92 Å². The molecule has 0 aromatic heterocycles. The third kappa shape index (κ3) is 5.28. The Kier molecular flexibility index (Phi) is 5.51. The molecule has 0 aliphatic carbocycles. The number of carbonyl (C=O) groups excluding carboxylic acids is 1. The van der Waals surface area contributed by atoms with Crippen molar-refractivity contribution in [1.82, 2.24) is 9.80 Å². The summed E-state index contributed by atoms with van der Waals surface area (Å²) in [6.45, 7) is 6.74. The lowest BCUT2D eigenvalue weighted by molar-refractivity contribution is -0.00313. The molecule has 0 radical (unpaired) electrons. The highest BCUT2D eigenvalue weighted by molar-refractivity contribution is 5.69. The lowest BCUT2D eigenvalue weighted by Gasteiger charge is -2.35. The number of alkyl halides is 2. The molecule has 0 spiro atoms. The first-order valence-electron chi connectivity index (χ1n) is 8.22. The van der Waals surface area contributed by atoms with Crippen molar-refractivity contribution in [2.24, 2.45) is 0 Å². The SMILES string of the molecule is COC1CCN(C[C@H]2CC(F)(F)CN2C(=O)OC(C)(C)C)CC1. The summed E-state index contributed by atoms with van der Waals surface area (Å²) >= 11 is 0. The maximum Gasteiger partial charge on any atom is 0.410 e. The molecular formula is C16H28F2N2O3. The maximum atomic E-state index is 13.8. The van der Waals surface area contributed by atoms with Crippen LogP contribution in [0.15, 0.2) is 0 Å². The molecule has 2 heterocycles. The molecule has 0 aromatic carbocycles. The number of methoxy groups -OCH3 is 1. The molecule has 134 valence electrons. The summed E-state index contributed by atoms with van der Waals surface area (Å²) in [6.07, 6.45) is 1.10. The van der Waals surface area contributed by atoms with Crippen LogP contribution in [0, 0.1) is 0 Å². The average Bonchev–Trinajstić information content (AvgIpc) is 2.73. The summed E-state index contributed by atoms with van der Waals surface area (Å²) < 4.78 is 38.3. The summed E-state index contributed by atoms with van der Waals surface area (Å²) in [7, 11) is 1.70. The van der Waals surface area contributed by atoms with Crippen LogP contribution in [0.5, 0.6) is 0 Å². The first kappa shape index (κ1) is 18.4. The van der Waals surface area contributed by atoms with Crippen LogP contribution in [-0.4, -0.2) is 72.9 Å². The lowest BCUT2D eigenvalue weighted by Crippen LogP contribution is -2.47. The number of rotatable bonds is 3. The molecule has 5 nitrogen and oxygen atoms in total. The van der Waals surface area contributed by atoms with Gasteiger partial charge in [0, 0.05) is 33.2 Å². The molecule has 2 aliphatic rings. The van der Waals surface area contributed by atoms with Crippen molar-refractivity contribution in [2.75, 3.05) is 33.3 Å². The number of halogens is 2. The Bertz CT molecular complexity index is 418. The predicted octanol–water partition coefficient (Wildman–Crippen LogP) is 2.74. The number of piperidine rings is 1. The number of ether oxygens (including phenoxy) is 2. The van der Waals surface area contributed by atoms with Gasteiger partial charge in [0.15, 0.2) is 0 Å². The van der Waals surface area contributed by atoms with Gasteiger partial charge in [0.1, 0.15) is 5.60 Å². The van der Waals surface area contributed by atoms with Gasteiger partial charge in [-0.2, -0.15) is 0 Å². The second-order valence-electron chi connectivity index (χ2n) is 7.56. The van der Waals surface area contributed by atoms with Gasteiger partial charge >= 0.3 is 6.09 Å². The largest absolute Gasteiger partial charge is 0.444 e. The fraction of sp³-hybridized carbons (Fsp3) is 0.938. The number of carbonyl (C=O) groups is 1. The molecule has 23 heavy (non-hydrogen) atoms. The molecule has 1 atom stereocenters. The van der Waals surface area contributed by atoms with Gasteiger partial charge in [-0.05, 0) is 33.6 Å². The van der Waals surface area contributed by atoms with Crippen molar-refractivity contribution in [1.29, 1.82) is 0 Å². The summed E-state index contributed by atoms with van der Waals surface area (Å²) in [5.41, 5.74) is -0.684. The molecule has 2 saturated heterocycles. The molecule has 0 unspecified atom stereocenters. The molecule has 0 aromatic rings. The highest BCUT2D eigenvalue weighted by atomic mass is 19.3. The van der Waals surface area contributed by atoms with Crippen molar-refractivity contribution in [3.8, 4) is 0 Å². The molecule has 2 aliphatic heterocycles. The van der Waals surface area contributed by atoms with E-state index in [9.17, 15) is 13.6 Å². The lowest BCUT2D eigenvalue weighted by atomic mass is 10.1. The molecule has 2 rings (SSSR count). The van der Waals surface area contributed by atoms with Gasteiger partial charge in [-0.1, -0.05) is 0 Å². The van der Waals surface area contributed by atoms with E-state index in [1.165, 1.54) is 4.90 Å². The van der Waals surface area contributed by atoms with E-state index in [1.807, 2.05) is 0 Å². The first-order valence-corrected chi connectivity index (χ1v) is 8.22. The van der Waals surface area contributed by atoms with E-state index in [0.717, 1.165) is 25.9 Å². The smallest absolute Gasteiger partial charge is 0.410 e. The minimum Gasteiger partial charge on any atom is -0.444 e. The van der Waals surface area contributed by atoms with E-state index in [-0.39, 0.29) is 12.5 Å². The quantitative estimate of drug-likeness (QED) is 0.796. The zero-order valence-corrected chi connectivity index (χ0v) is 14.5. The maximum absolute atomic E-state index is 13.8. The molecule has 0 saturated carbocycles. The van der Waals surface area contributed by atoms with Crippen molar-refractivity contribution in [3.05, 3.63) is 0 Å². The average molecular weight is 334 g/mol. The Labute approximate surface area is 136 Å². The van der Waals surface area contributed by atoms with Crippen LogP contribution < -0.4 is 0 Å². The van der Waals surface area contributed by atoms with Gasteiger partial charge in [0.2, 0.25) is 0 Å². The first-order chi connectivity index (χ1) is 10.6. The molecular weight excluding hydrogens is 306 g/mol. The predicted molar refractivity (Wildman–Crippen MR) is 82.8 cm³/mol. The molecule has 0 N–H and O–H groups in total. The van der Waals surface area contributed by atoms with Crippen molar-refractivity contribution < 1.29 is 23.0 Å². The number of nitrogens with zero attached hydrogens (tertiary/aromatic N) is 2. The highest BCUT2D eigenvalue weighted by Gasteiger charge is 2.48. The van der Waals surface area contributed by atoms with E-state index < -0.39 is 30.2 Å². The van der Waals surface area contributed by atoms with E-state index >= 15 is 0 Å². The highest BCUT2D eigenvalue weighted by Crippen LogP contribution is 2.34. The number of amides is 1. The monoisotopic (exact) mass is 334 g/mol. The molecule has 0 bridgehead atoms. The molecule has 2 fully saturated rings. The Morgan fingerprint density at radius 3 is 2.39 bits per heavy atom. The molecule has 1 amide bonds. The van der Waals surface area contributed by atoms with Crippen molar-refractivity contribution in [2.45, 2.75) is 63.7 Å². The van der Waals surface area contributed by atoms with Crippen molar-refractivity contribution >= 4 is 6.09 Å². The van der Waals surface area contributed by atoms with Crippen LogP contribution in [0.1, 0.15) is 40.0 Å². The minimum atomic E-state index is -2.84. The minimum absolute atomic E-state index is 0.248. The summed E-state index contributed by atoms with van der Waals surface area (Å²) in [5, 5.41) is 0. The Hall–Kier alpha value is -0.950. The zero-order chi connectivity index (χ0) is 17.3. The topological polar surface area (TPSA) is 42.0 Å². The van der Waals surface area contributed by atoms with E-state index in [0.29, 0.717) is 6.54 Å². The normalized spacial score (nSPS) is 26.5. The second kappa shape index (κ2) is 6.89. The number of hydrogen-bond acceptors (Lipinski definition) is 4. The van der Waals surface area contributed by atoms with Crippen LogP contribution in [0.25, 0.3) is 0 Å². The van der Waals surface area contributed by atoms with Crippen LogP contribution in [0.4, 0.5) is 13.6 Å². The van der Waals surface area contributed by atoms with Crippen LogP contribution in [0.3, 0.4) is 0 Å². The second-order valence-corrected chi connectivity index (χ2v) is 7.56. The van der Waals surface area contributed by atoms with Gasteiger partial charge in [-0.3, -0.25) is 4.90 Å². The van der Waals surface area contributed by atoms with Crippen LogP contribution in [-0.2, 0) is 9.47 Å². The fourth-order valence-electron chi connectivity index (χ4n) is 3.22. The van der Waals surface area contributed by atoms with Gasteiger partial charge < -0.3 is 14.4 Å². The number of hydrogen-bond donors (Lipinski definition) is 0. The van der Waals surface area contributed by atoms with E-state index in [1.54, 1.807) is 27.9 Å². The summed E-state index contributed by atoms with van der Waals surface area (Å²) in [6, 6.07) is -0.501.